The number of amides is 1. The summed E-state index contributed by atoms with van der Waals surface area (Å²) in [5, 5.41) is 5.74. The van der Waals surface area contributed by atoms with E-state index in [4.69, 9.17) is 0 Å². The van der Waals surface area contributed by atoms with Crippen molar-refractivity contribution < 1.29 is 9.59 Å². The number of anilines is 1. The molecule has 1 aromatic heterocycles. The minimum Gasteiger partial charge on any atom is -0.323 e. The van der Waals surface area contributed by atoms with Crippen LogP contribution in [0.4, 0.5) is 5.69 Å². The fourth-order valence-corrected chi connectivity index (χ4v) is 1.87. The molecule has 5 nitrogen and oxygen atoms in total. The Labute approximate surface area is 117 Å². The van der Waals surface area contributed by atoms with Gasteiger partial charge in [-0.1, -0.05) is 24.3 Å². The van der Waals surface area contributed by atoms with Crippen LogP contribution in [0.3, 0.4) is 0 Å². The molecule has 0 saturated carbocycles. The van der Waals surface area contributed by atoms with Gasteiger partial charge in [0, 0.05) is 11.8 Å². The highest BCUT2D eigenvalue weighted by Gasteiger charge is 2.18. The van der Waals surface area contributed by atoms with E-state index in [0.717, 1.165) is 11.8 Å². The molecule has 1 atom stereocenters. The molecule has 0 aliphatic heterocycles. The topological polar surface area (TPSA) is 71.1 Å². The summed E-state index contributed by atoms with van der Waals surface area (Å²) in [5.74, 6) is -0.181. The zero-order valence-electron chi connectivity index (χ0n) is 11.0. The predicted molar refractivity (Wildman–Crippen MR) is 76.5 cm³/mol. The number of rotatable bonds is 5. The lowest BCUT2D eigenvalue weighted by Crippen LogP contribution is -2.30. The minimum atomic E-state index is -0.490. The van der Waals surface area contributed by atoms with Crippen LogP contribution < -0.4 is 10.6 Å². The number of aldehydes is 1. The Balaban J connectivity index is 2.14. The molecule has 1 heterocycles. The third kappa shape index (κ3) is 3.27. The third-order valence-corrected chi connectivity index (χ3v) is 2.89. The molecule has 0 bridgehead atoms. The smallest absolute Gasteiger partial charge is 0.246 e. The van der Waals surface area contributed by atoms with Crippen LogP contribution in [0.2, 0.25) is 0 Å². The van der Waals surface area contributed by atoms with Gasteiger partial charge in [0.05, 0.1) is 11.9 Å². The van der Waals surface area contributed by atoms with Crippen molar-refractivity contribution in [2.75, 3.05) is 12.4 Å². The number of hydrogen-bond donors (Lipinski definition) is 2. The van der Waals surface area contributed by atoms with Gasteiger partial charge in [-0.2, -0.15) is 0 Å². The molecule has 5 heteroatoms. The van der Waals surface area contributed by atoms with Gasteiger partial charge in [0.2, 0.25) is 5.91 Å². The highest BCUT2D eigenvalue weighted by atomic mass is 16.2. The molecule has 2 rings (SSSR count). The lowest BCUT2D eigenvalue weighted by atomic mass is 10.0. The summed E-state index contributed by atoms with van der Waals surface area (Å²) < 4.78 is 0. The fraction of sp³-hybridized carbons (Fsp3) is 0.133. The van der Waals surface area contributed by atoms with Crippen LogP contribution in [0, 0.1) is 0 Å². The lowest BCUT2D eigenvalue weighted by molar-refractivity contribution is -0.118. The molecule has 20 heavy (non-hydrogen) atoms. The van der Waals surface area contributed by atoms with Crippen LogP contribution in [-0.4, -0.2) is 24.2 Å². The molecule has 0 spiro atoms. The van der Waals surface area contributed by atoms with Crippen molar-refractivity contribution in [2.45, 2.75) is 6.04 Å². The summed E-state index contributed by atoms with van der Waals surface area (Å²) in [6.07, 6.45) is 4.00. The largest absolute Gasteiger partial charge is 0.323 e. The quantitative estimate of drug-likeness (QED) is 0.812. The average molecular weight is 269 g/mol. The maximum atomic E-state index is 12.2. The summed E-state index contributed by atoms with van der Waals surface area (Å²) in [6, 6.07) is 9.92. The van der Waals surface area contributed by atoms with E-state index in [9.17, 15) is 9.59 Å². The summed E-state index contributed by atoms with van der Waals surface area (Å²) in [6.45, 7) is 0. The van der Waals surface area contributed by atoms with Gasteiger partial charge in [0.25, 0.3) is 0 Å². The molecule has 0 radical (unpaired) electrons. The van der Waals surface area contributed by atoms with Crippen molar-refractivity contribution in [1.82, 2.24) is 10.3 Å². The molecular formula is C15H15N3O2. The standard InChI is InChI=1S/C15H15N3O2/c1-16-14(12-6-4-11(10-19)5-7-12)15(20)18-13-3-2-8-17-9-13/h2-10,14,16H,1H3,(H,18,20). The first-order valence-corrected chi connectivity index (χ1v) is 6.18. The Morgan fingerprint density at radius 3 is 2.55 bits per heavy atom. The van der Waals surface area contributed by atoms with Crippen LogP contribution in [0.5, 0.6) is 0 Å². The number of pyridine rings is 1. The van der Waals surface area contributed by atoms with E-state index >= 15 is 0 Å². The average Bonchev–Trinajstić information content (AvgIpc) is 2.49. The molecule has 1 unspecified atom stereocenters. The van der Waals surface area contributed by atoms with Gasteiger partial charge in [-0.15, -0.1) is 0 Å². The molecule has 0 aliphatic rings. The number of nitrogens with zero attached hydrogens (tertiary/aromatic N) is 1. The van der Waals surface area contributed by atoms with Gasteiger partial charge in [-0.05, 0) is 24.7 Å². The number of benzene rings is 1. The van der Waals surface area contributed by atoms with Gasteiger partial charge >= 0.3 is 0 Å². The summed E-state index contributed by atoms with van der Waals surface area (Å²) in [4.78, 5) is 26.8. The van der Waals surface area contributed by atoms with Crippen molar-refractivity contribution in [3.63, 3.8) is 0 Å². The highest BCUT2D eigenvalue weighted by molar-refractivity contribution is 5.95. The zero-order chi connectivity index (χ0) is 14.4. The Morgan fingerprint density at radius 2 is 2.00 bits per heavy atom. The molecule has 0 fully saturated rings. The first-order chi connectivity index (χ1) is 9.74. The van der Waals surface area contributed by atoms with Crippen LogP contribution in [0.1, 0.15) is 22.0 Å². The van der Waals surface area contributed by atoms with Crippen molar-refractivity contribution in [3.8, 4) is 0 Å². The van der Waals surface area contributed by atoms with E-state index in [1.165, 1.54) is 0 Å². The van der Waals surface area contributed by atoms with Crippen LogP contribution in [0.15, 0.2) is 48.8 Å². The summed E-state index contributed by atoms with van der Waals surface area (Å²) in [5.41, 5.74) is 2.01. The van der Waals surface area contributed by atoms with Gasteiger partial charge in [-0.25, -0.2) is 0 Å². The van der Waals surface area contributed by atoms with Crippen molar-refractivity contribution >= 4 is 17.9 Å². The molecule has 2 N–H and O–H groups in total. The van der Waals surface area contributed by atoms with E-state index in [1.54, 1.807) is 55.8 Å². The molecule has 1 amide bonds. The van der Waals surface area contributed by atoms with Gasteiger partial charge in [0.15, 0.2) is 0 Å². The minimum absolute atomic E-state index is 0.181. The zero-order valence-corrected chi connectivity index (χ0v) is 11.0. The van der Waals surface area contributed by atoms with Crippen LogP contribution in [-0.2, 0) is 4.79 Å². The highest BCUT2D eigenvalue weighted by Crippen LogP contribution is 2.16. The van der Waals surface area contributed by atoms with Crippen LogP contribution >= 0.6 is 0 Å². The van der Waals surface area contributed by atoms with Gasteiger partial charge < -0.3 is 10.6 Å². The number of aromatic nitrogens is 1. The third-order valence-electron chi connectivity index (χ3n) is 2.89. The van der Waals surface area contributed by atoms with Gasteiger partial charge in [-0.3, -0.25) is 14.6 Å². The first-order valence-electron chi connectivity index (χ1n) is 6.18. The normalized spacial score (nSPS) is 11.7. The van der Waals surface area contributed by atoms with E-state index < -0.39 is 6.04 Å². The molecule has 0 aliphatic carbocycles. The van der Waals surface area contributed by atoms with Crippen molar-refractivity contribution in [1.29, 1.82) is 0 Å². The number of likely N-dealkylation sites (N-methyl/N-ethyl adjacent to an activating group) is 1. The SMILES string of the molecule is CNC(C(=O)Nc1cccnc1)c1ccc(C=O)cc1. The Bertz CT molecular complexity index is 582. The second-order valence-electron chi connectivity index (χ2n) is 4.24. The number of hydrogen-bond acceptors (Lipinski definition) is 4. The van der Waals surface area contributed by atoms with E-state index in [1.807, 2.05) is 0 Å². The van der Waals surface area contributed by atoms with E-state index in [-0.39, 0.29) is 5.91 Å². The molecule has 2 aromatic rings. The van der Waals surface area contributed by atoms with E-state index in [0.29, 0.717) is 11.3 Å². The van der Waals surface area contributed by atoms with Gasteiger partial charge in [0.1, 0.15) is 12.3 Å². The Hall–Kier alpha value is -2.53. The molecule has 102 valence electrons. The maximum Gasteiger partial charge on any atom is 0.246 e. The summed E-state index contributed by atoms with van der Waals surface area (Å²) in [7, 11) is 1.71. The summed E-state index contributed by atoms with van der Waals surface area (Å²) >= 11 is 0. The second-order valence-corrected chi connectivity index (χ2v) is 4.24. The molecule has 0 saturated heterocycles. The predicted octanol–water partition coefficient (Wildman–Crippen LogP) is 1.79. The molecular weight excluding hydrogens is 254 g/mol. The maximum absolute atomic E-state index is 12.2. The van der Waals surface area contributed by atoms with E-state index in [2.05, 4.69) is 15.6 Å². The molecule has 1 aromatic carbocycles. The number of nitrogens with one attached hydrogen (secondary N) is 2. The van der Waals surface area contributed by atoms with Crippen molar-refractivity contribution in [2.24, 2.45) is 0 Å². The second kappa shape index (κ2) is 6.58. The van der Waals surface area contributed by atoms with Crippen LogP contribution in [0.25, 0.3) is 0 Å². The number of carbonyl (C=O) groups is 2. The van der Waals surface area contributed by atoms with Crippen molar-refractivity contribution in [3.05, 3.63) is 59.9 Å². The monoisotopic (exact) mass is 269 g/mol. The lowest BCUT2D eigenvalue weighted by Gasteiger charge is -2.16. The first kappa shape index (κ1) is 13.9. The number of carbonyl (C=O) groups excluding carboxylic acids is 2. The Morgan fingerprint density at radius 1 is 1.25 bits per heavy atom. The Kier molecular flexibility index (Phi) is 4.57. The fourth-order valence-electron chi connectivity index (χ4n) is 1.87.